The largest absolute Gasteiger partial charge is 0.494 e. The Balaban J connectivity index is 0.658. The molecule has 6 aliphatic rings. The summed E-state index contributed by atoms with van der Waals surface area (Å²) in [4.78, 5) is 40.8. The van der Waals surface area contributed by atoms with E-state index >= 15 is 0 Å². The Morgan fingerprint density at radius 3 is 2.30 bits per heavy atom. The number of nitrogens with zero attached hydrogens (tertiary/aromatic N) is 5. The number of methoxy groups -OCH3 is 1. The van der Waals surface area contributed by atoms with Crippen molar-refractivity contribution in [1.29, 1.82) is 0 Å². The van der Waals surface area contributed by atoms with Crippen molar-refractivity contribution in [3.63, 3.8) is 0 Å². The maximum Gasteiger partial charge on any atom is 0.257 e. The molecule has 3 N–H and O–H groups in total. The van der Waals surface area contributed by atoms with Gasteiger partial charge in [-0.2, -0.15) is 4.98 Å². The van der Waals surface area contributed by atoms with Crippen LogP contribution in [0.15, 0.2) is 59.5 Å². The zero-order valence-corrected chi connectivity index (χ0v) is 38.1. The second kappa shape index (κ2) is 20.0. The first-order valence-electron chi connectivity index (χ1n) is 24.8. The van der Waals surface area contributed by atoms with Crippen LogP contribution in [0.2, 0.25) is 0 Å². The molecule has 2 aromatic heterocycles. The van der Waals surface area contributed by atoms with Gasteiger partial charge >= 0.3 is 0 Å². The first-order chi connectivity index (χ1) is 30.8. The van der Waals surface area contributed by atoms with Crippen molar-refractivity contribution in [1.82, 2.24) is 24.8 Å². The molecule has 1 aliphatic heterocycles. The van der Waals surface area contributed by atoms with E-state index in [2.05, 4.69) is 42.9 Å². The molecule has 11 nitrogen and oxygen atoms in total. The quantitative estimate of drug-likeness (QED) is 0.0627. The van der Waals surface area contributed by atoms with Gasteiger partial charge in [0.1, 0.15) is 5.75 Å². The molecule has 4 aromatic rings. The fourth-order valence-corrected chi connectivity index (χ4v) is 12.0. The van der Waals surface area contributed by atoms with Crippen molar-refractivity contribution < 1.29 is 9.53 Å². The number of ether oxygens (including phenoxy) is 1. The molecule has 5 saturated carbocycles. The van der Waals surface area contributed by atoms with Crippen LogP contribution in [-0.4, -0.2) is 78.3 Å². The minimum atomic E-state index is -0.125. The summed E-state index contributed by atoms with van der Waals surface area (Å²) in [5.41, 5.74) is 5.36. The molecule has 0 radical (unpaired) electrons. The van der Waals surface area contributed by atoms with Crippen LogP contribution in [0.5, 0.6) is 5.75 Å². The summed E-state index contributed by atoms with van der Waals surface area (Å²) in [6.45, 7) is 9.05. The smallest absolute Gasteiger partial charge is 0.257 e. The zero-order chi connectivity index (χ0) is 43.2. The van der Waals surface area contributed by atoms with Gasteiger partial charge in [0.15, 0.2) is 5.65 Å². The van der Waals surface area contributed by atoms with Gasteiger partial charge in [-0.1, -0.05) is 57.4 Å². The Bertz CT molecular complexity index is 2230. The van der Waals surface area contributed by atoms with E-state index in [0.29, 0.717) is 22.9 Å². The number of rotatable bonds is 23. The summed E-state index contributed by atoms with van der Waals surface area (Å²) in [6.07, 6.45) is 25.1. The lowest BCUT2D eigenvalue weighted by Gasteiger charge is -2.36. The van der Waals surface area contributed by atoms with Gasteiger partial charge in [0, 0.05) is 80.8 Å². The van der Waals surface area contributed by atoms with Crippen LogP contribution in [0.4, 0.5) is 23.0 Å². The van der Waals surface area contributed by atoms with E-state index in [0.717, 1.165) is 115 Å². The normalized spacial score (nSPS) is 22.8. The fourth-order valence-electron chi connectivity index (χ4n) is 12.0. The molecule has 11 heteroatoms. The Kier molecular flexibility index (Phi) is 13.9. The molecule has 6 fully saturated rings. The van der Waals surface area contributed by atoms with Crippen molar-refractivity contribution in [3.05, 3.63) is 70.6 Å². The number of hydrogen-bond donors (Lipinski definition) is 3. The number of amides is 1. The van der Waals surface area contributed by atoms with Gasteiger partial charge in [-0.3, -0.25) is 19.1 Å². The molecule has 10 rings (SSSR count). The predicted octanol–water partition coefficient (Wildman–Crippen LogP) is 10.0. The van der Waals surface area contributed by atoms with Crippen molar-refractivity contribution in [2.24, 2.45) is 29.1 Å². The van der Waals surface area contributed by atoms with Crippen molar-refractivity contribution in [2.45, 2.75) is 122 Å². The Morgan fingerprint density at radius 2 is 1.57 bits per heavy atom. The molecule has 2 aromatic carbocycles. The summed E-state index contributed by atoms with van der Waals surface area (Å²) >= 11 is 0. The number of carbonyl (C=O) groups is 1. The van der Waals surface area contributed by atoms with E-state index in [1.165, 1.54) is 109 Å². The van der Waals surface area contributed by atoms with E-state index in [4.69, 9.17) is 9.72 Å². The molecule has 5 aliphatic carbocycles. The number of unbranched alkanes of at least 4 members (excludes halogenated alkanes) is 9. The van der Waals surface area contributed by atoms with E-state index in [1.807, 2.05) is 37.3 Å². The van der Waals surface area contributed by atoms with Crippen LogP contribution >= 0.6 is 0 Å². The highest BCUT2D eigenvalue weighted by Gasteiger charge is 2.57. The third-order valence-corrected chi connectivity index (χ3v) is 15.4. The molecule has 0 spiro atoms. The third kappa shape index (κ3) is 10.7. The second-order valence-electron chi connectivity index (χ2n) is 20.1. The minimum Gasteiger partial charge on any atom is -0.494 e. The number of pyridine rings is 1. The number of aryl methyl sites for hydroxylation is 1. The summed E-state index contributed by atoms with van der Waals surface area (Å²) in [5.74, 6) is 4.92. The Labute approximate surface area is 375 Å². The van der Waals surface area contributed by atoms with E-state index in [1.54, 1.807) is 23.9 Å². The SMILES string of the molecule is COc1cc(N2CCN(CCCCCCCCCCCCNC(=O)CC34CC5CC(CC3C5)C4)CC2)ccc1Nc1ncc2c(C)cc(=O)n(-c3cccc(NCC4CC4)c3)c2n1. The summed E-state index contributed by atoms with van der Waals surface area (Å²) in [6, 6.07) is 15.9. The number of carbonyl (C=O) groups excluding carboxylic acids is 1. The first kappa shape index (κ1) is 43.6. The fraction of sp³-hybridized carbons (Fsp3) is 0.615. The minimum absolute atomic E-state index is 0.125. The summed E-state index contributed by atoms with van der Waals surface area (Å²) < 4.78 is 7.55. The van der Waals surface area contributed by atoms with Crippen LogP contribution in [0.1, 0.15) is 121 Å². The lowest BCUT2D eigenvalue weighted by molar-refractivity contribution is -0.124. The van der Waals surface area contributed by atoms with Gasteiger partial charge in [0.2, 0.25) is 11.9 Å². The Morgan fingerprint density at radius 1 is 0.841 bits per heavy atom. The van der Waals surface area contributed by atoms with Gasteiger partial charge in [-0.15, -0.1) is 0 Å². The highest BCUT2D eigenvalue weighted by atomic mass is 16.5. The number of nitrogens with one attached hydrogen (secondary N) is 3. The van der Waals surface area contributed by atoms with E-state index in [9.17, 15) is 9.59 Å². The maximum absolute atomic E-state index is 13.5. The standard InChI is InChI=1S/C52H72N8O3/c1-37-26-49(62)60(44-15-13-14-42(30-44)54-35-38-16-17-38)50-45(37)36-55-51(57-50)56-46-19-18-43(31-47(46)63-2)59-24-22-58(23-25-59)21-12-10-8-6-4-3-5-7-9-11-20-53-48(61)34-52-32-39-27-40(33-52)29-41(52)28-39/h13-15,18-19,26,30-31,36,38-41,54H,3-12,16-17,20-25,27-29,32-35H2,1-2H3,(H,53,61)(H,55,56,57). The number of hydrogen-bond acceptors (Lipinski definition) is 9. The average molecular weight is 857 g/mol. The summed E-state index contributed by atoms with van der Waals surface area (Å²) in [5, 5.41) is 11.0. The van der Waals surface area contributed by atoms with Gasteiger partial charge in [0.05, 0.1) is 18.5 Å². The molecule has 2 atom stereocenters. The topological polar surface area (TPSA) is 117 Å². The molecule has 3 heterocycles. The highest BCUT2D eigenvalue weighted by Crippen LogP contribution is 2.66. The van der Waals surface area contributed by atoms with Gasteiger partial charge < -0.3 is 25.6 Å². The molecule has 338 valence electrons. The Hall–Kier alpha value is -4.64. The lowest BCUT2D eigenvalue weighted by Crippen LogP contribution is -2.46. The second-order valence-corrected chi connectivity index (χ2v) is 20.1. The predicted molar refractivity (Wildman–Crippen MR) is 256 cm³/mol. The van der Waals surface area contributed by atoms with E-state index < -0.39 is 0 Å². The first-order valence-corrected chi connectivity index (χ1v) is 24.8. The molecule has 1 amide bonds. The maximum atomic E-state index is 13.5. The molecular weight excluding hydrogens is 785 g/mol. The summed E-state index contributed by atoms with van der Waals surface area (Å²) in [7, 11) is 1.70. The van der Waals surface area contributed by atoms with Crippen LogP contribution in [0.3, 0.4) is 0 Å². The van der Waals surface area contributed by atoms with Crippen LogP contribution in [0, 0.1) is 36.0 Å². The number of aromatic nitrogens is 3. The highest BCUT2D eigenvalue weighted by molar-refractivity contribution is 5.81. The number of piperazine rings is 1. The number of benzene rings is 2. The van der Waals surface area contributed by atoms with Gasteiger partial charge in [0.25, 0.3) is 5.56 Å². The third-order valence-electron chi connectivity index (χ3n) is 15.4. The lowest BCUT2D eigenvalue weighted by atomic mass is 9.73. The molecule has 4 bridgehead atoms. The van der Waals surface area contributed by atoms with Crippen molar-refractivity contribution >= 4 is 40.0 Å². The van der Waals surface area contributed by atoms with E-state index in [-0.39, 0.29) is 5.56 Å². The molecule has 63 heavy (non-hydrogen) atoms. The van der Waals surface area contributed by atoms with Crippen molar-refractivity contribution in [3.8, 4) is 11.4 Å². The number of fused-ring (bicyclic) bond motifs is 1. The zero-order valence-electron chi connectivity index (χ0n) is 38.1. The molecule has 1 saturated heterocycles. The number of anilines is 4. The monoisotopic (exact) mass is 857 g/mol. The van der Waals surface area contributed by atoms with Crippen LogP contribution < -0.4 is 31.1 Å². The van der Waals surface area contributed by atoms with Crippen LogP contribution in [0.25, 0.3) is 16.7 Å². The van der Waals surface area contributed by atoms with Gasteiger partial charge in [-0.25, -0.2) is 4.98 Å². The van der Waals surface area contributed by atoms with Crippen molar-refractivity contribution in [2.75, 3.05) is 68.5 Å². The molecule has 2 unspecified atom stereocenters. The van der Waals surface area contributed by atoms with Crippen LogP contribution in [-0.2, 0) is 4.79 Å². The molecular formula is C52H72N8O3. The average Bonchev–Trinajstić information content (AvgIpc) is 4.04. The van der Waals surface area contributed by atoms with Gasteiger partial charge in [-0.05, 0) is 136 Å².